The molecule has 0 heterocycles. The highest BCUT2D eigenvalue weighted by atomic mass is 35.5. The topological polar surface area (TPSA) is 20.2 Å². The van der Waals surface area contributed by atoms with Crippen molar-refractivity contribution in [1.82, 2.24) is 0 Å². The number of aryl methyl sites for hydroxylation is 1. The van der Waals surface area contributed by atoms with Gasteiger partial charge in [-0.2, -0.15) is 13.2 Å². The van der Waals surface area contributed by atoms with Gasteiger partial charge in [0.25, 0.3) is 0 Å². The van der Waals surface area contributed by atoms with Crippen LogP contribution in [0.4, 0.5) is 13.2 Å². The van der Waals surface area contributed by atoms with Crippen LogP contribution in [0.25, 0.3) is 0 Å². The highest BCUT2D eigenvalue weighted by Gasteiger charge is 2.56. The van der Waals surface area contributed by atoms with Gasteiger partial charge in [-0.15, -0.1) is 0 Å². The van der Waals surface area contributed by atoms with Gasteiger partial charge in [0, 0.05) is 5.02 Å². The molecule has 0 bridgehead atoms. The van der Waals surface area contributed by atoms with Crippen LogP contribution in [-0.2, 0) is 12.0 Å². The molecule has 1 aliphatic rings. The summed E-state index contributed by atoms with van der Waals surface area (Å²) < 4.78 is 38.5. The quantitative estimate of drug-likeness (QED) is 0.748. The average molecular weight is 251 g/mol. The monoisotopic (exact) mass is 250 g/mol. The summed E-state index contributed by atoms with van der Waals surface area (Å²) in [6, 6.07) is 4.31. The summed E-state index contributed by atoms with van der Waals surface area (Å²) in [4.78, 5) is 0. The fraction of sp³-hybridized carbons (Fsp3) is 0.455. The first-order valence-corrected chi connectivity index (χ1v) is 5.30. The van der Waals surface area contributed by atoms with Gasteiger partial charge in [0.05, 0.1) is 0 Å². The van der Waals surface area contributed by atoms with Crippen molar-refractivity contribution in [3.05, 3.63) is 34.3 Å². The van der Waals surface area contributed by atoms with Crippen molar-refractivity contribution in [2.24, 2.45) is 0 Å². The number of hydrogen-bond donors (Lipinski definition) is 1. The molecular weight excluding hydrogens is 241 g/mol. The molecule has 0 saturated carbocycles. The van der Waals surface area contributed by atoms with E-state index in [0.29, 0.717) is 18.4 Å². The van der Waals surface area contributed by atoms with Gasteiger partial charge in [0.1, 0.15) is 0 Å². The molecule has 0 amide bonds. The summed E-state index contributed by atoms with van der Waals surface area (Å²) in [5.41, 5.74) is -2.32. The predicted molar refractivity (Wildman–Crippen MR) is 54.3 cm³/mol. The number of benzene rings is 1. The SMILES string of the molecule is OC1(C(F)(F)F)CCCc2ccc(Cl)cc21. The first kappa shape index (κ1) is 11.7. The first-order valence-electron chi connectivity index (χ1n) is 4.92. The van der Waals surface area contributed by atoms with Crippen LogP contribution in [0.15, 0.2) is 18.2 Å². The van der Waals surface area contributed by atoms with Gasteiger partial charge >= 0.3 is 6.18 Å². The maximum absolute atomic E-state index is 12.8. The number of aliphatic hydroxyl groups is 1. The zero-order valence-corrected chi connectivity index (χ0v) is 9.07. The molecule has 0 fully saturated rings. The minimum Gasteiger partial charge on any atom is -0.376 e. The van der Waals surface area contributed by atoms with Crippen LogP contribution < -0.4 is 0 Å². The van der Waals surface area contributed by atoms with Crippen LogP contribution in [0, 0.1) is 0 Å². The van der Waals surface area contributed by atoms with E-state index >= 15 is 0 Å². The minimum absolute atomic E-state index is 0.0984. The molecule has 0 aliphatic heterocycles. The number of halogens is 4. The Morgan fingerprint density at radius 1 is 1.31 bits per heavy atom. The summed E-state index contributed by atoms with van der Waals surface area (Å²) in [5.74, 6) is 0. The molecule has 1 atom stereocenters. The second kappa shape index (κ2) is 3.64. The molecule has 1 N–H and O–H groups in total. The van der Waals surface area contributed by atoms with Gasteiger partial charge in [-0.3, -0.25) is 0 Å². The molecule has 1 unspecified atom stereocenters. The molecule has 0 spiro atoms. The number of fused-ring (bicyclic) bond motifs is 1. The third-order valence-corrected chi connectivity index (χ3v) is 3.21. The molecule has 2 rings (SSSR count). The molecule has 5 heteroatoms. The zero-order chi connectivity index (χ0) is 12.0. The van der Waals surface area contributed by atoms with Crippen molar-refractivity contribution in [3.8, 4) is 0 Å². The van der Waals surface area contributed by atoms with Gasteiger partial charge < -0.3 is 5.11 Å². The van der Waals surface area contributed by atoms with Gasteiger partial charge in [-0.1, -0.05) is 17.7 Å². The van der Waals surface area contributed by atoms with Crippen LogP contribution in [0.3, 0.4) is 0 Å². The van der Waals surface area contributed by atoms with E-state index in [1.807, 2.05) is 0 Å². The molecule has 1 nitrogen and oxygen atoms in total. The lowest BCUT2D eigenvalue weighted by molar-refractivity contribution is -0.271. The minimum atomic E-state index is -4.66. The Morgan fingerprint density at radius 2 is 2.00 bits per heavy atom. The highest BCUT2D eigenvalue weighted by molar-refractivity contribution is 6.30. The Kier molecular flexibility index (Phi) is 2.67. The van der Waals surface area contributed by atoms with E-state index in [4.69, 9.17) is 11.6 Å². The Bertz CT molecular complexity index is 416. The number of alkyl halides is 3. The first-order chi connectivity index (χ1) is 7.34. The van der Waals surface area contributed by atoms with E-state index in [-0.39, 0.29) is 17.0 Å². The van der Waals surface area contributed by atoms with Crippen LogP contribution in [0.2, 0.25) is 5.02 Å². The Morgan fingerprint density at radius 3 is 2.62 bits per heavy atom. The molecule has 0 radical (unpaired) electrons. The molecule has 16 heavy (non-hydrogen) atoms. The molecule has 0 aromatic heterocycles. The molecule has 1 aromatic carbocycles. The van der Waals surface area contributed by atoms with Crippen LogP contribution >= 0.6 is 11.6 Å². The molecule has 1 aliphatic carbocycles. The maximum Gasteiger partial charge on any atom is 0.421 e. The Balaban J connectivity index is 2.59. The van der Waals surface area contributed by atoms with Crippen molar-refractivity contribution < 1.29 is 18.3 Å². The van der Waals surface area contributed by atoms with E-state index in [0.717, 1.165) is 0 Å². The fourth-order valence-electron chi connectivity index (χ4n) is 2.12. The third-order valence-electron chi connectivity index (χ3n) is 2.97. The summed E-state index contributed by atoms with van der Waals surface area (Å²) in [6.45, 7) is 0. The Labute approximate surface area is 95.8 Å². The normalized spacial score (nSPS) is 25.3. The lowest BCUT2D eigenvalue weighted by Crippen LogP contribution is -2.44. The van der Waals surface area contributed by atoms with Crippen molar-refractivity contribution >= 4 is 11.6 Å². The van der Waals surface area contributed by atoms with Crippen LogP contribution in [0.1, 0.15) is 24.0 Å². The largest absolute Gasteiger partial charge is 0.421 e. The van der Waals surface area contributed by atoms with Crippen molar-refractivity contribution in [1.29, 1.82) is 0 Å². The van der Waals surface area contributed by atoms with Crippen molar-refractivity contribution in [2.75, 3.05) is 0 Å². The number of rotatable bonds is 0. The van der Waals surface area contributed by atoms with E-state index in [2.05, 4.69) is 0 Å². The maximum atomic E-state index is 12.8. The summed E-state index contributed by atoms with van der Waals surface area (Å²) >= 11 is 5.68. The Hall–Kier alpha value is -0.740. The van der Waals surface area contributed by atoms with E-state index in [1.54, 1.807) is 12.1 Å². The van der Waals surface area contributed by atoms with Crippen molar-refractivity contribution in [2.45, 2.75) is 31.0 Å². The van der Waals surface area contributed by atoms with Gasteiger partial charge in [0.15, 0.2) is 5.60 Å². The standard InChI is InChI=1S/C11H10ClF3O/c12-8-4-3-7-2-1-5-10(16,9(7)6-8)11(13,14)15/h3-4,6,16H,1-2,5H2. The molecule has 88 valence electrons. The third kappa shape index (κ3) is 1.70. The van der Waals surface area contributed by atoms with Gasteiger partial charge in [-0.25, -0.2) is 0 Å². The van der Waals surface area contributed by atoms with Gasteiger partial charge in [-0.05, 0) is 42.5 Å². The van der Waals surface area contributed by atoms with E-state index in [9.17, 15) is 18.3 Å². The zero-order valence-electron chi connectivity index (χ0n) is 8.31. The van der Waals surface area contributed by atoms with Crippen LogP contribution in [-0.4, -0.2) is 11.3 Å². The fourth-order valence-corrected chi connectivity index (χ4v) is 2.29. The lowest BCUT2D eigenvalue weighted by atomic mass is 9.79. The summed E-state index contributed by atoms with van der Waals surface area (Å²) in [7, 11) is 0. The average Bonchev–Trinajstić information content (AvgIpc) is 2.18. The highest BCUT2D eigenvalue weighted by Crippen LogP contribution is 2.47. The molecule has 1 aromatic rings. The number of hydrogen-bond acceptors (Lipinski definition) is 1. The van der Waals surface area contributed by atoms with Crippen molar-refractivity contribution in [3.63, 3.8) is 0 Å². The van der Waals surface area contributed by atoms with Gasteiger partial charge in [0.2, 0.25) is 0 Å². The van der Waals surface area contributed by atoms with Crippen LogP contribution in [0.5, 0.6) is 0 Å². The lowest BCUT2D eigenvalue weighted by Gasteiger charge is -2.36. The summed E-state index contributed by atoms with van der Waals surface area (Å²) in [6.07, 6.45) is -4.09. The molecular formula is C11H10ClF3O. The summed E-state index contributed by atoms with van der Waals surface area (Å²) in [5, 5.41) is 10.0. The molecule has 0 saturated heterocycles. The predicted octanol–water partition coefficient (Wildman–Crippen LogP) is 3.43. The second-order valence-electron chi connectivity index (χ2n) is 4.01. The second-order valence-corrected chi connectivity index (χ2v) is 4.45. The van der Waals surface area contributed by atoms with E-state index < -0.39 is 11.8 Å². The van der Waals surface area contributed by atoms with E-state index in [1.165, 1.54) is 6.07 Å². The smallest absolute Gasteiger partial charge is 0.376 e.